The molecule has 2 unspecified atom stereocenters. The van der Waals surface area contributed by atoms with Crippen molar-refractivity contribution in [2.75, 3.05) is 0 Å². The van der Waals surface area contributed by atoms with Crippen LogP contribution in [0, 0.1) is 11.8 Å². The van der Waals surface area contributed by atoms with E-state index in [9.17, 15) is 0 Å². The van der Waals surface area contributed by atoms with Crippen LogP contribution < -0.4 is 0 Å². The van der Waals surface area contributed by atoms with Gasteiger partial charge in [-0.3, -0.25) is 13.7 Å². The van der Waals surface area contributed by atoms with E-state index in [0.717, 1.165) is 6.42 Å². The molecule has 4 aliphatic rings. The largest absolute Gasteiger partial charge is 0.386 e. The highest BCUT2D eigenvalue weighted by Gasteiger charge is 2.82. The molecule has 0 N–H and O–H groups in total. The third-order valence-electron chi connectivity index (χ3n) is 13.7. The molecule has 57 heavy (non-hydrogen) atoms. The molecule has 2 aliphatic carbocycles. The van der Waals surface area contributed by atoms with E-state index in [0.29, 0.717) is 23.7 Å². The number of benzene rings is 4. The van der Waals surface area contributed by atoms with Crippen molar-refractivity contribution in [3.05, 3.63) is 137 Å². The monoisotopic (exact) mass is 811 g/mol. The van der Waals surface area contributed by atoms with Crippen molar-refractivity contribution >= 4 is 41.0 Å². The first-order chi connectivity index (χ1) is 26.9. The Bertz CT molecular complexity index is 2200. The van der Waals surface area contributed by atoms with Crippen LogP contribution in [0.5, 0.6) is 0 Å². The smallest absolute Gasteiger partial charge is 0.303 e. The first-order valence-corrected chi connectivity index (χ1v) is 27.8. The second kappa shape index (κ2) is 14.3. The lowest BCUT2D eigenvalue weighted by atomic mass is 9.83. The molecule has 5 atom stereocenters. The molecular formula is C50H66N3OPSi2. The summed E-state index contributed by atoms with van der Waals surface area (Å²) in [5.74, 6) is 1.55. The van der Waals surface area contributed by atoms with E-state index in [1.165, 1.54) is 52.1 Å². The molecule has 300 valence electrons. The molecule has 2 saturated heterocycles. The Morgan fingerprint density at radius 2 is 1.16 bits per heavy atom. The minimum atomic E-state index is -2.76. The van der Waals surface area contributed by atoms with Crippen molar-refractivity contribution in [2.24, 2.45) is 16.8 Å². The minimum absolute atomic E-state index is 0.0186. The van der Waals surface area contributed by atoms with Gasteiger partial charge in [-0.2, -0.15) is 0 Å². The van der Waals surface area contributed by atoms with E-state index in [1.807, 2.05) is 0 Å². The number of para-hydroxylation sites is 1. The second-order valence-corrected chi connectivity index (χ2v) is 30.9. The van der Waals surface area contributed by atoms with Crippen LogP contribution in [0.3, 0.4) is 0 Å². The Hall–Kier alpha value is -3.00. The van der Waals surface area contributed by atoms with Gasteiger partial charge in [0, 0.05) is 40.9 Å². The molecular weight excluding hydrogens is 746 g/mol. The summed E-state index contributed by atoms with van der Waals surface area (Å²) in [6.07, 6.45) is 3.52. The van der Waals surface area contributed by atoms with Crippen molar-refractivity contribution in [1.82, 2.24) is 8.67 Å². The predicted molar refractivity (Wildman–Crippen MR) is 248 cm³/mol. The van der Waals surface area contributed by atoms with E-state index in [-0.39, 0.29) is 22.5 Å². The predicted octanol–water partition coefficient (Wildman–Crippen LogP) is 13.3. The minimum Gasteiger partial charge on any atom is -0.386 e. The van der Waals surface area contributed by atoms with Crippen molar-refractivity contribution in [3.8, 4) is 0 Å². The van der Waals surface area contributed by atoms with E-state index in [1.54, 1.807) is 5.29 Å². The molecule has 2 bridgehead atoms. The Kier molecular flexibility index (Phi) is 10.3. The molecule has 7 heteroatoms. The number of hydrogen-bond acceptors (Lipinski definition) is 4. The van der Waals surface area contributed by atoms with Crippen LogP contribution in [0.2, 0.25) is 13.1 Å². The van der Waals surface area contributed by atoms with E-state index >= 15 is 4.46 Å². The van der Waals surface area contributed by atoms with Gasteiger partial charge in [-0.25, -0.2) is 0 Å². The number of fused-ring (bicyclic) bond motifs is 2. The van der Waals surface area contributed by atoms with E-state index < -0.39 is 29.0 Å². The summed E-state index contributed by atoms with van der Waals surface area (Å²) in [5.41, 5.74) is 8.59. The van der Waals surface area contributed by atoms with Crippen LogP contribution in [-0.4, -0.2) is 47.8 Å². The van der Waals surface area contributed by atoms with Gasteiger partial charge in [0.1, 0.15) is 0 Å². The van der Waals surface area contributed by atoms with Gasteiger partial charge in [0.15, 0.2) is 0 Å². The summed E-state index contributed by atoms with van der Waals surface area (Å²) >= 11 is 0. The summed E-state index contributed by atoms with van der Waals surface area (Å²) < 4.78 is 22.5. The first kappa shape index (κ1) is 40.8. The zero-order valence-corrected chi connectivity index (χ0v) is 39.6. The summed E-state index contributed by atoms with van der Waals surface area (Å²) in [4.78, 5) is 6.14. The second-order valence-electron chi connectivity index (χ2n) is 20.5. The Labute approximate surface area is 347 Å². The van der Waals surface area contributed by atoms with Gasteiger partial charge in [-0.05, 0) is 119 Å². The number of aliphatic imine (C=N–C) groups is 1. The molecule has 0 amide bonds. The molecule has 4 aromatic rings. The van der Waals surface area contributed by atoms with Crippen LogP contribution >= 0.6 is 7.19 Å². The lowest BCUT2D eigenvalue weighted by Crippen LogP contribution is -2.84. The highest BCUT2D eigenvalue weighted by molar-refractivity contribution is 7.83. The average molecular weight is 812 g/mol. The standard InChI is InChI=1S/C50H66N3OPSi2/c1-34(2)41-29-22-30-42(35(3)4)45(41)51-44-38-31-32-39(33-38)46(44)55(52(48(5,6)7)57(11,12)53(55)49(8,9)10)50(40-27-20-15-21-28-40)43(36-23-16-13-17-24-36)47(56(50)54)37-25-18-14-19-26-37/h13-30,34-35,38-39,43,47H,31-33H2,1-12H3/t38?,39?,43-,47+,50-/m1/s1. The maximum atomic E-state index is 16.9. The molecule has 4 nitrogen and oxygen atoms in total. The Balaban J connectivity index is 1.62. The van der Waals surface area contributed by atoms with Crippen molar-refractivity contribution in [3.63, 3.8) is 0 Å². The Morgan fingerprint density at radius 1 is 0.684 bits per heavy atom. The molecule has 0 aromatic heterocycles. The molecule has 0 spiro atoms. The zero-order valence-electron chi connectivity index (χ0n) is 36.7. The van der Waals surface area contributed by atoms with Crippen LogP contribution in [0.25, 0.3) is 0 Å². The Morgan fingerprint density at radius 3 is 1.65 bits per heavy atom. The van der Waals surface area contributed by atoms with Crippen molar-refractivity contribution < 1.29 is 4.46 Å². The third-order valence-corrected chi connectivity index (χ3v) is 31.1. The fourth-order valence-electron chi connectivity index (χ4n) is 12.6. The molecule has 8 rings (SSSR count). The molecule has 2 heterocycles. The zero-order chi connectivity index (χ0) is 40.9. The highest BCUT2D eigenvalue weighted by Crippen LogP contribution is 2.89. The topological polar surface area (TPSA) is 35.9 Å². The molecule has 2 aliphatic heterocycles. The number of rotatable bonds is 7. The maximum absolute atomic E-state index is 16.9. The van der Waals surface area contributed by atoms with E-state index in [4.69, 9.17) is 4.99 Å². The fraction of sp³-hybridized carbons (Fsp3) is 0.480. The number of hydrogen-bond donors (Lipinski definition) is 0. The quantitative estimate of drug-likeness (QED) is 0.138. The SMILES string of the molecule is CC(C)c1cccc(C(C)C)c1N=C1C(=P2([C@@]3(c4ccccc4)[C@H](c4ccccc4)[C@H](c4ccccc4)[Si]3=O)N(C(C)(C)C)[Si](C)(C)N2C(C)(C)C)C2CCC1C2. The van der Waals surface area contributed by atoms with Crippen LogP contribution in [0.1, 0.15) is 140 Å². The lowest BCUT2D eigenvalue weighted by Gasteiger charge is -2.81. The third kappa shape index (κ3) is 5.89. The van der Waals surface area contributed by atoms with E-state index in [2.05, 4.69) is 200 Å². The summed E-state index contributed by atoms with van der Waals surface area (Å²) in [6, 6.07) is 40.4. The van der Waals surface area contributed by atoms with Crippen LogP contribution in [-0.2, 0) is 9.24 Å². The number of nitrogens with zero attached hydrogens (tertiary/aromatic N) is 3. The van der Waals surface area contributed by atoms with Gasteiger partial charge in [-0.15, -0.1) is 0 Å². The maximum Gasteiger partial charge on any atom is 0.303 e. The van der Waals surface area contributed by atoms with Crippen LogP contribution in [0.4, 0.5) is 5.69 Å². The molecule has 0 radical (unpaired) electrons. The van der Waals surface area contributed by atoms with Crippen molar-refractivity contribution in [2.45, 2.75) is 141 Å². The first-order valence-electron chi connectivity index (χ1n) is 21.7. The summed E-state index contributed by atoms with van der Waals surface area (Å²) in [5, 5.41) is 1.60. The van der Waals surface area contributed by atoms with Gasteiger partial charge in [-0.1, -0.05) is 137 Å². The molecule has 2 saturated carbocycles. The fourth-order valence-corrected chi connectivity index (χ4v) is 35.6. The highest BCUT2D eigenvalue weighted by atomic mass is 31.2. The van der Waals surface area contributed by atoms with Gasteiger partial charge in [0.2, 0.25) is 8.40 Å². The lowest BCUT2D eigenvalue weighted by molar-refractivity contribution is 0.219. The van der Waals surface area contributed by atoms with Gasteiger partial charge < -0.3 is 4.46 Å². The van der Waals surface area contributed by atoms with Gasteiger partial charge in [0.25, 0.3) is 0 Å². The average Bonchev–Trinajstić information content (AvgIpc) is 3.75. The summed E-state index contributed by atoms with van der Waals surface area (Å²) in [6.45, 7) is 29.3. The van der Waals surface area contributed by atoms with Gasteiger partial charge in [0.05, 0.1) is 16.2 Å². The van der Waals surface area contributed by atoms with Crippen molar-refractivity contribution in [1.29, 1.82) is 0 Å². The van der Waals surface area contributed by atoms with Crippen LogP contribution in [0.15, 0.2) is 114 Å². The normalized spacial score (nSPS) is 28.0. The molecule has 4 aromatic carbocycles. The molecule has 4 fully saturated rings. The van der Waals surface area contributed by atoms with Gasteiger partial charge >= 0.3 is 8.68 Å². The summed E-state index contributed by atoms with van der Waals surface area (Å²) in [7, 11) is -7.53.